The quantitative estimate of drug-likeness (QED) is 0.578. The molecule has 0 fully saturated rings. The van der Waals surface area contributed by atoms with Crippen LogP contribution in [0.15, 0.2) is 16.6 Å². The smallest absolute Gasteiger partial charge is 0.322 e. The molecule has 0 radical (unpaired) electrons. The van der Waals surface area contributed by atoms with Crippen LogP contribution in [0.5, 0.6) is 6.01 Å². The summed E-state index contributed by atoms with van der Waals surface area (Å²) in [5, 5.41) is 2.96. The molecule has 1 heterocycles. The van der Waals surface area contributed by atoms with Gasteiger partial charge in [0.2, 0.25) is 11.9 Å². The Morgan fingerprint density at radius 2 is 1.95 bits per heavy atom. The second-order valence-electron chi connectivity index (χ2n) is 3.82. The lowest BCUT2D eigenvalue weighted by Crippen LogP contribution is -2.13. The van der Waals surface area contributed by atoms with Crippen molar-refractivity contribution >= 4 is 33.5 Å². The normalized spacial score (nSPS) is 10.2. The Hall–Kier alpha value is -2.00. The van der Waals surface area contributed by atoms with E-state index in [9.17, 15) is 4.39 Å². The monoisotopic (exact) mass is 342 g/mol. The number of aromatic nitrogens is 3. The Bertz CT molecular complexity index is 616. The summed E-state index contributed by atoms with van der Waals surface area (Å²) < 4.78 is 18.7. The van der Waals surface area contributed by atoms with Crippen LogP contribution in [0.3, 0.4) is 0 Å². The predicted molar refractivity (Wildman–Crippen MR) is 76.3 cm³/mol. The molecule has 0 saturated heterocycles. The third-order valence-corrected chi connectivity index (χ3v) is 3.05. The van der Waals surface area contributed by atoms with Gasteiger partial charge < -0.3 is 10.1 Å². The van der Waals surface area contributed by atoms with Crippen LogP contribution in [-0.4, -0.2) is 22.1 Å². The van der Waals surface area contributed by atoms with Crippen molar-refractivity contribution in [3.63, 3.8) is 0 Å². The van der Waals surface area contributed by atoms with Crippen LogP contribution in [0.25, 0.3) is 0 Å². The molecule has 1 aromatic heterocycles. The minimum absolute atomic E-state index is 0.106. The lowest BCUT2D eigenvalue weighted by Gasteiger charge is -2.10. The third-order valence-electron chi connectivity index (χ3n) is 2.44. The average Bonchev–Trinajstić information content (AvgIpc) is 2.44. The molecule has 2 aromatic rings. The van der Waals surface area contributed by atoms with E-state index in [4.69, 9.17) is 10.6 Å². The number of anilines is 3. The van der Waals surface area contributed by atoms with E-state index in [1.807, 2.05) is 0 Å². The van der Waals surface area contributed by atoms with Gasteiger partial charge in [-0.15, -0.1) is 0 Å². The fraction of sp³-hybridized carbons (Fsp3) is 0.182. The molecule has 4 N–H and O–H groups in total. The summed E-state index contributed by atoms with van der Waals surface area (Å²) in [6.45, 7) is 1.76. The van der Waals surface area contributed by atoms with Crippen molar-refractivity contribution < 1.29 is 9.13 Å². The lowest BCUT2D eigenvalue weighted by atomic mass is 10.2. The number of benzene rings is 1. The molecule has 2 rings (SSSR count). The fourth-order valence-electron chi connectivity index (χ4n) is 1.47. The predicted octanol–water partition coefficient (Wildman–Crippen LogP) is 2.12. The van der Waals surface area contributed by atoms with Crippen molar-refractivity contribution in [3.05, 3.63) is 28.0 Å². The number of ether oxygens (including phenoxy) is 1. The van der Waals surface area contributed by atoms with Crippen LogP contribution >= 0.6 is 15.9 Å². The van der Waals surface area contributed by atoms with Crippen LogP contribution in [0, 0.1) is 12.7 Å². The van der Waals surface area contributed by atoms with Crippen LogP contribution in [-0.2, 0) is 0 Å². The number of nitrogen functional groups attached to an aromatic ring is 1. The highest BCUT2D eigenvalue weighted by Gasteiger charge is 2.10. The summed E-state index contributed by atoms with van der Waals surface area (Å²) in [7, 11) is 1.43. The van der Waals surface area contributed by atoms with E-state index in [0.29, 0.717) is 15.7 Å². The first kappa shape index (κ1) is 14.4. The summed E-state index contributed by atoms with van der Waals surface area (Å²) in [6, 6.07) is 3.10. The SMILES string of the molecule is COc1nc(NN)nc(Nc2cc(Br)c(F)cc2C)n1. The topological polar surface area (TPSA) is 98.0 Å². The van der Waals surface area contributed by atoms with Crippen molar-refractivity contribution in [2.75, 3.05) is 17.9 Å². The van der Waals surface area contributed by atoms with Gasteiger partial charge in [-0.3, -0.25) is 5.43 Å². The minimum Gasteiger partial charge on any atom is -0.467 e. The van der Waals surface area contributed by atoms with Gasteiger partial charge in [-0.25, -0.2) is 10.2 Å². The summed E-state index contributed by atoms with van der Waals surface area (Å²) >= 11 is 3.12. The van der Waals surface area contributed by atoms with E-state index in [0.717, 1.165) is 0 Å². The molecule has 0 aliphatic heterocycles. The summed E-state index contributed by atoms with van der Waals surface area (Å²) in [5.41, 5.74) is 3.66. The molecule has 0 aliphatic carbocycles. The second-order valence-corrected chi connectivity index (χ2v) is 4.67. The first-order chi connectivity index (χ1) is 9.53. The number of methoxy groups -OCH3 is 1. The van der Waals surface area contributed by atoms with Crippen molar-refractivity contribution in [2.45, 2.75) is 6.92 Å². The van der Waals surface area contributed by atoms with Crippen molar-refractivity contribution in [1.29, 1.82) is 0 Å². The molecule has 9 heteroatoms. The Labute approximate surface area is 122 Å². The standard InChI is InChI=1S/C11H12BrFN6O/c1-5-3-7(13)6(12)4-8(5)15-9-16-10(19-14)18-11(17-9)20-2/h3-4H,14H2,1-2H3,(H2,15,16,17,18,19). The number of hydrazine groups is 1. The highest BCUT2D eigenvalue weighted by Crippen LogP contribution is 2.26. The first-order valence-corrected chi connectivity index (χ1v) is 6.32. The van der Waals surface area contributed by atoms with E-state index in [1.165, 1.54) is 13.2 Å². The Kier molecular flexibility index (Phi) is 4.30. The molecular formula is C11H12BrFN6O. The number of nitrogens with two attached hydrogens (primary N) is 1. The number of hydrogen-bond donors (Lipinski definition) is 3. The zero-order valence-electron chi connectivity index (χ0n) is 10.7. The van der Waals surface area contributed by atoms with Gasteiger partial charge in [0.25, 0.3) is 0 Å². The van der Waals surface area contributed by atoms with Gasteiger partial charge in [-0.1, -0.05) is 0 Å². The van der Waals surface area contributed by atoms with Gasteiger partial charge in [-0.2, -0.15) is 15.0 Å². The fourth-order valence-corrected chi connectivity index (χ4v) is 1.81. The number of nitrogens with zero attached hydrogens (tertiary/aromatic N) is 3. The van der Waals surface area contributed by atoms with Crippen LogP contribution in [0.1, 0.15) is 5.56 Å². The van der Waals surface area contributed by atoms with Gasteiger partial charge in [0.1, 0.15) is 5.82 Å². The summed E-state index contributed by atoms with van der Waals surface area (Å²) in [5.74, 6) is 5.30. The maximum absolute atomic E-state index is 13.4. The van der Waals surface area contributed by atoms with Crippen molar-refractivity contribution in [1.82, 2.24) is 15.0 Å². The third kappa shape index (κ3) is 3.11. The van der Waals surface area contributed by atoms with Crippen molar-refractivity contribution in [2.24, 2.45) is 5.84 Å². The zero-order chi connectivity index (χ0) is 14.7. The van der Waals surface area contributed by atoms with E-state index >= 15 is 0 Å². The average molecular weight is 343 g/mol. The molecule has 0 spiro atoms. The van der Waals surface area contributed by atoms with Gasteiger partial charge in [0.05, 0.1) is 11.6 Å². The van der Waals surface area contributed by atoms with Crippen molar-refractivity contribution in [3.8, 4) is 6.01 Å². The van der Waals surface area contributed by atoms with E-state index in [2.05, 4.69) is 41.6 Å². The minimum atomic E-state index is -0.342. The largest absolute Gasteiger partial charge is 0.467 e. The molecule has 0 amide bonds. The molecule has 0 unspecified atom stereocenters. The van der Waals surface area contributed by atoms with Crippen LogP contribution in [0.2, 0.25) is 0 Å². The maximum atomic E-state index is 13.4. The number of hydrogen-bond acceptors (Lipinski definition) is 7. The Balaban J connectivity index is 2.36. The van der Waals surface area contributed by atoms with E-state index in [1.54, 1.807) is 13.0 Å². The second kappa shape index (κ2) is 5.97. The number of nitrogens with one attached hydrogen (secondary N) is 2. The Morgan fingerprint density at radius 3 is 2.60 bits per heavy atom. The lowest BCUT2D eigenvalue weighted by molar-refractivity contribution is 0.379. The maximum Gasteiger partial charge on any atom is 0.322 e. The number of rotatable bonds is 4. The first-order valence-electron chi connectivity index (χ1n) is 5.53. The Morgan fingerprint density at radius 1 is 1.25 bits per heavy atom. The summed E-state index contributed by atoms with van der Waals surface area (Å²) in [6.07, 6.45) is 0. The van der Waals surface area contributed by atoms with Crippen LogP contribution < -0.4 is 21.3 Å². The highest BCUT2D eigenvalue weighted by atomic mass is 79.9. The summed E-state index contributed by atoms with van der Waals surface area (Å²) in [4.78, 5) is 11.9. The molecule has 7 nitrogen and oxygen atoms in total. The highest BCUT2D eigenvalue weighted by molar-refractivity contribution is 9.10. The molecule has 0 atom stereocenters. The molecule has 1 aromatic carbocycles. The van der Waals surface area contributed by atoms with E-state index in [-0.39, 0.29) is 23.7 Å². The molecular weight excluding hydrogens is 331 g/mol. The molecule has 0 aliphatic rings. The molecule has 0 bridgehead atoms. The molecule has 20 heavy (non-hydrogen) atoms. The zero-order valence-corrected chi connectivity index (χ0v) is 12.3. The van der Waals surface area contributed by atoms with Gasteiger partial charge in [-0.05, 0) is 40.5 Å². The van der Waals surface area contributed by atoms with Crippen LogP contribution in [0.4, 0.5) is 22.0 Å². The number of halogens is 2. The molecule has 106 valence electrons. The van der Waals surface area contributed by atoms with Gasteiger partial charge in [0.15, 0.2) is 0 Å². The van der Waals surface area contributed by atoms with Gasteiger partial charge in [0, 0.05) is 5.69 Å². The van der Waals surface area contributed by atoms with Gasteiger partial charge >= 0.3 is 6.01 Å². The molecule has 0 saturated carbocycles. The van der Waals surface area contributed by atoms with E-state index < -0.39 is 0 Å². The number of aryl methyl sites for hydroxylation is 1.